The van der Waals surface area contributed by atoms with E-state index in [0.29, 0.717) is 12.2 Å². The highest BCUT2D eigenvalue weighted by atomic mass is 19.4. The van der Waals surface area contributed by atoms with Gasteiger partial charge in [-0.1, -0.05) is 12.1 Å². The van der Waals surface area contributed by atoms with E-state index >= 15 is 0 Å². The number of nitrogens with zero attached hydrogens (tertiary/aromatic N) is 3. The first-order valence-electron chi connectivity index (χ1n) is 5.82. The Morgan fingerprint density at radius 2 is 1.80 bits per heavy atom. The van der Waals surface area contributed by atoms with Crippen LogP contribution >= 0.6 is 0 Å². The molecule has 0 unspecified atom stereocenters. The van der Waals surface area contributed by atoms with E-state index in [1.54, 1.807) is 36.2 Å². The van der Waals surface area contributed by atoms with Gasteiger partial charge < -0.3 is 10.6 Å². The van der Waals surface area contributed by atoms with Gasteiger partial charge in [0.25, 0.3) is 0 Å². The molecule has 0 saturated carbocycles. The van der Waals surface area contributed by atoms with Gasteiger partial charge in [-0.2, -0.15) is 13.2 Å². The highest BCUT2D eigenvalue weighted by Crippen LogP contribution is 2.28. The number of halogens is 3. The Labute approximate surface area is 114 Å². The van der Waals surface area contributed by atoms with Crippen LogP contribution in [0.4, 0.5) is 24.8 Å². The van der Waals surface area contributed by atoms with E-state index in [2.05, 4.69) is 9.97 Å². The van der Waals surface area contributed by atoms with Gasteiger partial charge in [0.05, 0.1) is 0 Å². The van der Waals surface area contributed by atoms with E-state index in [9.17, 15) is 13.2 Å². The molecule has 4 nitrogen and oxygen atoms in total. The highest BCUT2D eigenvalue weighted by molar-refractivity contribution is 5.40. The van der Waals surface area contributed by atoms with Gasteiger partial charge in [0.1, 0.15) is 5.69 Å². The maximum Gasteiger partial charge on any atom is 0.433 e. The van der Waals surface area contributed by atoms with Crippen molar-refractivity contribution in [2.24, 2.45) is 0 Å². The topological polar surface area (TPSA) is 55.0 Å². The lowest BCUT2D eigenvalue weighted by Gasteiger charge is -2.18. The second-order valence-corrected chi connectivity index (χ2v) is 4.34. The number of anilines is 2. The summed E-state index contributed by atoms with van der Waals surface area (Å²) in [6.45, 7) is 0.390. The van der Waals surface area contributed by atoms with Crippen molar-refractivity contribution in [3.63, 3.8) is 0 Å². The summed E-state index contributed by atoms with van der Waals surface area (Å²) in [5.74, 6) is 0.0247. The number of hydrogen-bond donors (Lipinski definition) is 1. The summed E-state index contributed by atoms with van der Waals surface area (Å²) in [5, 5.41) is 0. The lowest BCUT2D eigenvalue weighted by Crippen LogP contribution is -2.21. The molecule has 1 aromatic heterocycles. The zero-order chi connectivity index (χ0) is 14.8. The second-order valence-electron chi connectivity index (χ2n) is 4.34. The van der Waals surface area contributed by atoms with Crippen LogP contribution in [0.1, 0.15) is 11.3 Å². The van der Waals surface area contributed by atoms with Crippen LogP contribution in [0, 0.1) is 0 Å². The van der Waals surface area contributed by atoms with E-state index in [1.165, 1.54) is 0 Å². The molecule has 0 spiro atoms. The summed E-state index contributed by atoms with van der Waals surface area (Å²) in [6, 6.07) is 7.92. The fourth-order valence-electron chi connectivity index (χ4n) is 1.66. The first kappa shape index (κ1) is 14.1. The van der Waals surface area contributed by atoms with E-state index in [4.69, 9.17) is 5.73 Å². The van der Waals surface area contributed by atoms with E-state index in [-0.39, 0.29) is 5.95 Å². The molecule has 1 heterocycles. The van der Waals surface area contributed by atoms with Crippen molar-refractivity contribution in [3.8, 4) is 0 Å². The Morgan fingerprint density at radius 3 is 2.40 bits per heavy atom. The van der Waals surface area contributed by atoms with Crippen molar-refractivity contribution in [3.05, 3.63) is 47.8 Å². The SMILES string of the molecule is CN(Cc1ccc(N)cc1)c1nccc(C(F)(F)F)n1. The summed E-state index contributed by atoms with van der Waals surface area (Å²) >= 11 is 0. The van der Waals surface area contributed by atoms with Gasteiger partial charge >= 0.3 is 6.18 Å². The number of hydrogen-bond acceptors (Lipinski definition) is 4. The second kappa shape index (κ2) is 5.36. The molecule has 2 rings (SSSR count). The van der Waals surface area contributed by atoms with Crippen molar-refractivity contribution in [1.82, 2.24) is 9.97 Å². The standard InChI is InChI=1S/C13H13F3N4/c1-20(8-9-2-4-10(17)5-3-9)12-18-7-6-11(19-12)13(14,15)16/h2-7H,8,17H2,1H3. The predicted molar refractivity (Wildman–Crippen MR) is 70.0 cm³/mol. The minimum absolute atomic E-state index is 0.0247. The number of nitrogen functional groups attached to an aromatic ring is 1. The van der Waals surface area contributed by atoms with Crippen molar-refractivity contribution >= 4 is 11.6 Å². The average molecular weight is 282 g/mol. The Morgan fingerprint density at radius 1 is 1.15 bits per heavy atom. The van der Waals surface area contributed by atoms with Crippen molar-refractivity contribution in [1.29, 1.82) is 0 Å². The molecule has 106 valence electrons. The lowest BCUT2D eigenvalue weighted by molar-refractivity contribution is -0.141. The van der Waals surface area contributed by atoms with Gasteiger partial charge in [0.2, 0.25) is 5.95 Å². The molecule has 0 fully saturated rings. The molecule has 0 aliphatic heterocycles. The molecule has 0 atom stereocenters. The van der Waals surface area contributed by atoms with Crippen LogP contribution in [0.25, 0.3) is 0 Å². The minimum atomic E-state index is -4.47. The average Bonchev–Trinajstić information content (AvgIpc) is 2.40. The quantitative estimate of drug-likeness (QED) is 0.879. The van der Waals surface area contributed by atoms with E-state index in [1.807, 2.05) is 0 Å². The molecule has 2 N–H and O–H groups in total. The van der Waals surface area contributed by atoms with Crippen LogP contribution in [0.2, 0.25) is 0 Å². The van der Waals surface area contributed by atoms with Crippen molar-refractivity contribution in [2.75, 3.05) is 17.7 Å². The zero-order valence-corrected chi connectivity index (χ0v) is 10.7. The third-order valence-corrected chi connectivity index (χ3v) is 2.67. The summed E-state index contributed by atoms with van der Waals surface area (Å²) in [5.41, 5.74) is 6.16. The minimum Gasteiger partial charge on any atom is -0.399 e. The third kappa shape index (κ3) is 3.37. The smallest absolute Gasteiger partial charge is 0.399 e. The third-order valence-electron chi connectivity index (χ3n) is 2.67. The van der Waals surface area contributed by atoms with E-state index < -0.39 is 11.9 Å². The largest absolute Gasteiger partial charge is 0.433 e. The molecule has 0 amide bonds. The highest BCUT2D eigenvalue weighted by Gasteiger charge is 2.33. The normalized spacial score (nSPS) is 11.4. The molecule has 0 saturated heterocycles. The molecule has 20 heavy (non-hydrogen) atoms. The maximum absolute atomic E-state index is 12.6. The first-order chi connectivity index (χ1) is 9.36. The van der Waals surface area contributed by atoms with Crippen LogP contribution in [-0.2, 0) is 12.7 Å². The van der Waals surface area contributed by atoms with Gasteiger partial charge in [-0.25, -0.2) is 9.97 Å². The zero-order valence-electron chi connectivity index (χ0n) is 10.7. The Kier molecular flexibility index (Phi) is 3.78. The Bertz CT molecular complexity index is 581. The maximum atomic E-state index is 12.6. The van der Waals surface area contributed by atoms with Gasteiger partial charge in [0, 0.05) is 25.5 Å². The molecule has 7 heteroatoms. The molecule has 0 aliphatic carbocycles. The summed E-state index contributed by atoms with van der Waals surface area (Å²) in [6.07, 6.45) is -3.37. The van der Waals surface area contributed by atoms with Crippen molar-refractivity contribution in [2.45, 2.75) is 12.7 Å². The summed E-state index contributed by atoms with van der Waals surface area (Å²) in [4.78, 5) is 8.92. The van der Waals surface area contributed by atoms with Crippen LogP contribution in [0.5, 0.6) is 0 Å². The number of rotatable bonds is 3. The van der Waals surface area contributed by atoms with Crippen LogP contribution < -0.4 is 10.6 Å². The van der Waals surface area contributed by atoms with Crippen LogP contribution in [-0.4, -0.2) is 17.0 Å². The van der Waals surface area contributed by atoms with Gasteiger partial charge in [-0.3, -0.25) is 0 Å². The first-order valence-corrected chi connectivity index (χ1v) is 5.82. The number of benzene rings is 1. The monoisotopic (exact) mass is 282 g/mol. The van der Waals surface area contributed by atoms with Gasteiger partial charge in [0.15, 0.2) is 0 Å². The molecule has 2 aromatic rings. The van der Waals surface area contributed by atoms with Crippen LogP contribution in [0.3, 0.4) is 0 Å². The summed E-state index contributed by atoms with van der Waals surface area (Å²) < 4.78 is 37.7. The molecular formula is C13H13F3N4. The van der Waals surface area contributed by atoms with Gasteiger partial charge in [-0.05, 0) is 23.8 Å². The van der Waals surface area contributed by atoms with Crippen LogP contribution in [0.15, 0.2) is 36.5 Å². The molecule has 1 aromatic carbocycles. The molecule has 0 bridgehead atoms. The molecular weight excluding hydrogens is 269 g/mol. The Hall–Kier alpha value is -2.31. The summed E-state index contributed by atoms with van der Waals surface area (Å²) in [7, 11) is 1.63. The van der Waals surface area contributed by atoms with Gasteiger partial charge in [-0.15, -0.1) is 0 Å². The fraction of sp³-hybridized carbons (Fsp3) is 0.231. The lowest BCUT2D eigenvalue weighted by atomic mass is 10.2. The van der Waals surface area contributed by atoms with E-state index in [0.717, 1.165) is 17.8 Å². The number of nitrogens with two attached hydrogens (primary N) is 1. The predicted octanol–water partition coefficient (Wildman–Crippen LogP) is 2.71. The number of alkyl halides is 3. The molecule has 0 radical (unpaired) electrons. The number of aromatic nitrogens is 2. The van der Waals surface area contributed by atoms with Crippen molar-refractivity contribution < 1.29 is 13.2 Å². The fourth-order valence-corrected chi connectivity index (χ4v) is 1.66. The molecule has 0 aliphatic rings. The Balaban J connectivity index is 2.17.